The molecule has 4 rings (SSSR count). The Morgan fingerprint density at radius 2 is 1.88 bits per heavy atom. The maximum atomic E-state index is 14.0. The Bertz CT molecular complexity index is 1320. The minimum absolute atomic E-state index is 0.0748. The molecular formula is C22H17ClF2N4O3. The maximum absolute atomic E-state index is 14.0. The van der Waals surface area contributed by atoms with Crippen LogP contribution in [0.15, 0.2) is 47.0 Å². The van der Waals surface area contributed by atoms with E-state index in [1.54, 1.807) is 45.2 Å². The summed E-state index contributed by atoms with van der Waals surface area (Å²) in [6.45, 7) is 3.28. The van der Waals surface area contributed by atoms with Crippen LogP contribution in [0.5, 0.6) is 11.6 Å². The predicted octanol–water partition coefficient (Wildman–Crippen LogP) is 5.67. The molecule has 7 nitrogen and oxygen atoms in total. The molecule has 0 aliphatic carbocycles. The first-order valence-corrected chi connectivity index (χ1v) is 9.82. The Labute approximate surface area is 186 Å². The quantitative estimate of drug-likeness (QED) is 0.417. The van der Waals surface area contributed by atoms with E-state index in [1.807, 2.05) is 0 Å². The van der Waals surface area contributed by atoms with E-state index >= 15 is 0 Å². The summed E-state index contributed by atoms with van der Waals surface area (Å²) < 4.78 is 40.0. The van der Waals surface area contributed by atoms with Gasteiger partial charge in [0.25, 0.3) is 5.91 Å². The van der Waals surface area contributed by atoms with Gasteiger partial charge in [0.1, 0.15) is 34.4 Å². The van der Waals surface area contributed by atoms with Crippen molar-refractivity contribution in [3.63, 3.8) is 0 Å². The first kappa shape index (κ1) is 21.5. The van der Waals surface area contributed by atoms with Crippen molar-refractivity contribution >= 4 is 23.2 Å². The van der Waals surface area contributed by atoms with Gasteiger partial charge in [-0.05, 0) is 50.2 Å². The van der Waals surface area contributed by atoms with Crippen LogP contribution in [0.4, 0.5) is 14.5 Å². The van der Waals surface area contributed by atoms with Crippen LogP contribution in [0.3, 0.4) is 0 Å². The third-order valence-electron chi connectivity index (χ3n) is 4.70. The Morgan fingerprint density at radius 1 is 1.16 bits per heavy atom. The monoisotopic (exact) mass is 458 g/mol. The van der Waals surface area contributed by atoms with Gasteiger partial charge in [-0.1, -0.05) is 16.8 Å². The highest BCUT2D eigenvalue weighted by molar-refractivity contribution is 6.30. The molecule has 0 aliphatic heterocycles. The number of aryl methyl sites for hydroxylation is 3. The number of anilines is 1. The van der Waals surface area contributed by atoms with Crippen LogP contribution in [0, 0.1) is 25.5 Å². The number of nitrogens with one attached hydrogen (secondary N) is 1. The van der Waals surface area contributed by atoms with E-state index in [1.165, 1.54) is 4.68 Å². The van der Waals surface area contributed by atoms with Crippen molar-refractivity contribution in [1.29, 1.82) is 0 Å². The maximum Gasteiger partial charge on any atom is 0.261 e. The summed E-state index contributed by atoms with van der Waals surface area (Å²) in [5, 5.41) is 11.4. The average molecular weight is 459 g/mol. The Balaban J connectivity index is 1.74. The second-order valence-electron chi connectivity index (χ2n) is 6.99. The molecule has 1 N–H and O–H groups in total. The highest BCUT2D eigenvalue weighted by Crippen LogP contribution is 2.38. The van der Waals surface area contributed by atoms with Crippen LogP contribution < -0.4 is 10.1 Å². The molecule has 164 valence electrons. The van der Waals surface area contributed by atoms with Gasteiger partial charge in [-0.2, -0.15) is 5.10 Å². The number of benzene rings is 2. The molecule has 0 unspecified atom stereocenters. The summed E-state index contributed by atoms with van der Waals surface area (Å²) in [6.07, 6.45) is 0. The second-order valence-corrected chi connectivity index (χ2v) is 7.42. The Kier molecular flexibility index (Phi) is 5.67. The number of nitrogens with zero attached hydrogens (tertiary/aromatic N) is 3. The van der Waals surface area contributed by atoms with Gasteiger partial charge < -0.3 is 14.6 Å². The highest BCUT2D eigenvalue weighted by atomic mass is 35.5. The van der Waals surface area contributed by atoms with Crippen molar-refractivity contribution < 1.29 is 22.8 Å². The molecule has 10 heteroatoms. The van der Waals surface area contributed by atoms with E-state index in [9.17, 15) is 13.6 Å². The molecule has 0 saturated heterocycles. The lowest BCUT2D eigenvalue weighted by molar-refractivity contribution is 0.102. The minimum Gasteiger partial charge on any atom is -0.439 e. The molecule has 0 aliphatic rings. The van der Waals surface area contributed by atoms with Crippen molar-refractivity contribution in [1.82, 2.24) is 14.9 Å². The smallest absolute Gasteiger partial charge is 0.261 e. The summed E-state index contributed by atoms with van der Waals surface area (Å²) in [5.74, 6) is -1.31. The summed E-state index contributed by atoms with van der Waals surface area (Å²) in [4.78, 5) is 13.0. The Hall–Kier alpha value is -3.72. The summed E-state index contributed by atoms with van der Waals surface area (Å²) >= 11 is 5.93. The lowest BCUT2D eigenvalue weighted by Crippen LogP contribution is -2.14. The fraction of sp³-hybridized carbons (Fsp3) is 0.136. The second kappa shape index (κ2) is 8.43. The van der Waals surface area contributed by atoms with Crippen LogP contribution in [0.1, 0.15) is 21.8 Å². The van der Waals surface area contributed by atoms with E-state index in [-0.39, 0.29) is 22.7 Å². The molecular weight excluding hydrogens is 442 g/mol. The van der Waals surface area contributed by atoms with Gasteiger partial charge in [0.2, 0.25) is 5.88 Å². The summed E-state index contributed by atoms with van der Waals surface area (Å²) in [5.41, 5.74) is 1.04. The zero-order chi connectivity index (χ0) is 23.0. The topological polar surface area (TPSA) is 82.2 Å². The van der Waals surface area contributed by atoms with Gasteiger partial charge in [0, 0.05) is 18.1 Å². The standard InChI is InChI=1S/C22H17ClF2N4O3/c1-11-18(22(29(3)27-11)31-15-7-4-13(23)5-8-15)20-19(12(2)32-28-20)21(30)26-17-9-6-14(24)10-16(17)25/h4-10H,1-3H3,(H,26,30). The fourth-order valence-corrected chi connectivity index (χ4v) is 3.35. The van der Waals surface area contributed by atoms with Crippen molar-refractivity contribution in [3.05, 3.63) is 76.1 Å². The van der Waals surface area contributed by atoms with E-state index < -0.39 is 17.5 Å². The van der Waals surface area contributed by atoms with Gasteiger partial charge in [0.15, 0.2) is 0 Å². The molecule has 0 spiro atoms. The average Bonchev–Trinajstić information content (AvgIpc) is 3.24. The number of rotatable bonds is 5. The van der Waals surface area contributed by atoms with Crippen LogP contribution >= 0.6 is 11.6 Å². The third kappa shape index (κ3) is 4.06. The highest BCUT2D eigenvalue weighted by Gasteiger charge is 2.29. The van der Waals surface area contributed by atoms with Crippen LogP contribution in [0.2, 0.25) is 5.02 Å². The van der Waals surface area contributed by atoms with Crippen molar-refractivity contribution in [2.75, 3.05) is 5.32 Å². The number of halogens is 3. The van der Waals surface area contributed by atoms with Gasteiger partial charge >= 0.3 is 0 Å². The van der Waals surface area contributed by atoms with Crippen molar-refractivity contribution in [2.24, 2.45) is 7.05 Å². The number of amides is 1. The van der Waals surface area contributed by atoms with E-state index in [2.05, 4.69) is 15.6 Å². The molecule has 0 atom stereocenters. The molecule has 32 heavy (non-hydrogen) atoms. The number of carbonyl (C=O) groups excluding carboxylic acids is 1. The number of hydrogen-bond acceptors (Lipinski definition) is 5. The number of aromatic nitrogens is 3. The predicted molar refractivity (Wildman–Crippen MR) is 114 cm³/mol. The third-order valence-corrected chi connectivity index (χ3v) is 4.96. The Morgan fingerprint density at radius 3 is 2.56 bits per heavy atom. The number of carbonyl (C=O) groups is 1. The zero-order valence-corrected chi connectivity index (χ0v) is 18.0. The minimum atomic E-state index is -0.904. The van der Waals surface area contributed by atoms with Crippen molar-refractivity contribution in [3.8, 4) is 22.9 Å². The largest absolute Gasteiger partial charge is 0.439 e. The lowest BCUT2D eigenvalue weighted by Gasteiger charge is -2.10. The summed E-state index contributed by atoms with van der Waals surface area (Å²) in [6, 6.07) is 9.59. The first-order chi connectivity index (χ1) is 15.2. The van der Waals surface area contributed by atoms with Crippen LogP contribution in [0.25, 0.3) is 11.3 Å². The molecule has 1 amide bonds. The molecule has 0 bridgehead atoms. The molecule has 0 radical (unpaired) electrons. The van der Waals surface area contributed by atoms with E-state index in [0.717, 1.165) is 12.1 Å². The normalized spacial score (nSPS) is 10.9. The summed E-state index contributed by atoms with van der Waals surface area (Å²) in [7, 11) is 1.68. The van der Waals surface area contributed by atoms with E-state index in [0.29, 0.717) is 34.0 Å². The van der Waals surface area contributed by atoms with Crippen LogP contribution in [-0.4, -0.2) is 20.8 Å². The molecule has 4 aromatic rings. The fourth-order valence-electron chi connectivity index (χ4n) is 3.23. The first-order valence-electron chi connectivity index (χ1n) is 9.44. The molecule has 0 saturated carbocycles. The van der Waals surface area contributed by atoms with Gasteiger partial charge in [-0.3, -0.25) is 4.79 Å². The lowest BCUT2D eigenvalue weighted by atomic mass is 10.1. The molecule has 0 fully saturated rings. The van der Waals surface area contributed by atoms with Gasteiger partial charge in [-0.15, -0.1) is 0 Å². The molecule has 2 aromatic carbocycles. The SMILES string of the molecule is Cc1nn(C)c(Oc2ccc(Cl)cc2)c1-c1noc(C)c1C(=O)Nc1ccc(F)cc1F. The molecule has 2 aromatic heterocycles. The zero-order valence-electron chi connectivity index (χ0n) is 17.2. The number of hydrogen-bond donors (Lipinski definition) is 1. The molecule has 2 heterocycles. The van der Waals surface area contributed by atoms with Crippen molar-refractivity contribution in [2.45, 2.75) is 13.8 Å². The van der Waals surface area contributed by atoms with Crippen LogP contribution in [-0.2, 0) is 7.05 Å². The van der Waals surface area contributed by atoms with Gasteiger partial charge in [-0.25, -0.2) is 13.5 Å². The number of ether oxygens (including phenoxy) is 1. The van der Waals surface area contributed by atoms with E-state index in [4.69, 9.17) is 20.9 Å². The van der Waals surface area contributed by atoms with Gasteiger partial charge in [0.05, 0.1) is 16.9 Å².